The van der Waals surface area contributed by atoms with E-state index < -0.39 is 10.0 Å². The van der Waals surface area contributed by atoms with Crippen molar-refractivity contribution in [2.24, 2.45) is 0 Å². The minimum absolute atomic E-state index is 0.300. The number of methoxy groups -OCH3 is 1. The molecule has 0 N–H and O–H groups in total. The van der Waals surface area contributed by atoms with Crippen LogP contribution in [-0.4, -0.2) is 60.7 Å². The smallest absolute Gasteiger partial charge is 0.243 e. The van der Waals surface area contributed by atoms with Gasteiger partial charge in [0.25, 0.3) is 0 Å². The van der Waals surface area contributed by atoms with Gasteiger partial charge in [-0.15, -0.1) is 0 Å². The summed E-state index contributed by atoms with van der Waals surface area (Å²) in [6.07, 6.45) is 1.97. The molecule has 28 heavy (non-hydrogen) atoms. The van der Waals surface area contributed by atoms with Gasteiger partial charge in [0.1, 0.15) is 5.75 Å². The van der Waals surface area contributed by atoms with Crippen LogP contribution in [0, 0.1) is 0 Å². The van der Waals surface area contributed by atoms with Crippen molar-refractivity contribution in [1.29, 1.82) is 0 Å². The number of ether oxygens (including phenoxy) is 1. The van der Waals surface area contributed by atoms with Crippen LogP contribution in [0.3, 0.4) is 0 Å². The molecule has 0 saturated carbocycles. The van der Waals surface area contributed by atoms with E-state index in [9.17, 15) is 8.42 Å². The zero-order chi connectivity index (χ0) is 19.6. The number of piperazine rings is 1. The van der Waals surface area contributed by atoms with Crippen LogP contribution in [0.1, 0.15) is 0 Å². The summed E-state index contributed by atoms with van der Waals surface area (Å²) in [6, 6.07) is 10.6. The molecule has 1 aromatic carbocycles. The van der Waals surface area contributed by atoms with Crippen LogP contribution in [0.4, 0.5) is 0 Å². The molecule has 0 radical (unpaired) electrons. The molecule has 2 aromatic heterocycles. The molecule has 148 valence electrons. The van der Waals surface area contributed by atoms with Crippen molar-refractivity contribution < 1.29 is 13.2 Å². The molecule has 1 saturated heterocycles. The molecule has 0 bridgehead atoms. The third-order valence-electron chi connectivity index (χ3n) is 4.83. The summed E-state index contributed by atoms with van der Waals surface area (Å²) in [6.45, 7) is 2.92. The van der Waals surface area contributed by atoms with Crippen LogP contribution < -0.4 is 4.74 Å². The second-order valence-corrected chi connectivity index (χ2v) is 9.31. The first-order valence-electron chi connectivity index (χ1n) is 8.99. The Morgan fingerprint density at radius 2 is 1.82 bits per heavy atom. The Kier molecular flexibility index (Phi) is 5.49. The molecule has 4 rings (SSSR count). The third kappa shape index (κ3) is 3.97. The van der Waals surface area contributed by atoms with Gasteiger partial charge < -0.3 is 4.74 Å². The van der Waals surface area contributed by atoms with Crippen molar-refractivity contribution in [3.63, 3.8) is 0 Å². The van der Waals surface area contributed by atoms with Crippen LogP contribution in [0.15, 0.2) is 58.3 Å². The highest BCUT2D eigenvalue weighted by atomic mass is 32.2. The molecule has 3 heterocycles. The van der Waals surface area contributed by atoms with Gasteiger partial charge in [0, 0.05) is 43.3 Å². The van der Waals surface area contributed by atoms with E-state index in [1.807, 2.05) is 22.3 Å². The van der Waals surface area contributed by atoms with Crippen molar-refractivity contribution >= 4 is 21.4 Å². The van der Waals surface area contributed by atoms with Gasteiger partial charge in [-0.3, -0.25) is 9.58 Å². The van der Waals surface area contributed by atoms with Crippen molar-refractivity contribution in [3.8, 4) is 17.0 Å². The molecule has 7 nitrogen and oxygen atoms in total. The number of thiophene rings is 1. The van der Waals surface area contributed by atoms with Crippen LogP contribution in [0.5, 0.6) is 5.75 Å². The summed E-state index contributed by atoms with van der Waals surface area (Å²) in [5, 5.41) is 8.73. The Morgan fingerprint density at radius 3 is 2.46 bits per heavy atom. The first-order chi connectivity index (χ1) is 13.6. The summed E-state index contributed by atoms with van der Waals surface area (Å²) in [5.74, 6) is 0.643. The number of nitrogens with zero attached hydrogens (tertiary/aromatic N) is 4. The molecule has 0 unspecified atom stereocenters. The number of sulfonamides is 1. The molecule has 9 heteroatoms. The number of benzene rings is 1. The first-order valence-corrected chi connectivity index (χ1v) is 11.4. The lowest BCUT2D eigenvalue weighted by Gasteiger charge is -2.33. The highest BCUT2D eigenvalue weighted by Gasteiger charge is 2.28. The third-order valence-corrected chi connectivity index (χ3v) is 7.43. The lowest BCUT2D eigenvalue weighted by atomic mass is 10.2. The van der Waals surface area contributed by atoms with Crippen LogP contribution in [0.2, 0.25) is 0 Å². The maximum absolute atomic E-state index is 12.8. The fourth-order valence-corrected chi connectivity index (χ4v) is 5.29. The Balaban J connectivity index is 1.36. The van der Waals surface area contributed by atoms with Gasteiger partial charge in [-0.2, -0.15) is 20.7 Å². The average molecular weight is 419 g/mol. The largest absolute Gasteiger partial charge is 0.497 e. The highest BCUT2D eigenvalue weighted by Crippen LogP contribution is 2.22. The van der Waals surface area contributed by atoms with E-state index >= 15 is 0 Å². The molecule has 0 spiro atoms. The SMILES string of the molecule is COc1ccc(S(=O)(=O)N2CCN(Cn3ccc(-c4ccsc4)n3)CC2)cc1. The zero-order valence-corrected chi connectivity index (χ0v) is 17.2. The maximum atomic E-state index is 12.8. The van der Waals surface area contributed by atoms with E-state index in [2.05, 4.69) is 21.4 Å². The maximum Gasteiger partial charge on any atom is 0.243 e. The van der Waals surface area contributed by atoms with Crippen LogP contribution in [-0.2, 0) is 16.7 Å². The van der Waals surface area contributed by atoms with E-state index in [1.165, 1.54) is 0 Å². The molecule has 0 atom stereocenters. The summed E-state index contributed by atoms with van der Waals surface area (Å²) in [7, 11) is -1.92. The minimum atomic E-state index is -3.48. The summed E-state index contributed by atoms with van der Waals surface area (Å²) in [5.41, 5.74) is 2.08. The van der Waals surface area contributed by atoms with Gasteiger partial charge in [-0.05, 0) is 41.8 Å². The molecule has 1 aliphatic heterocycles. The average Bonchev–Trinajstić information content (AvgIpc) is 3.40. The fourth-order valence-electron chi connectivity index (χ4n) is 3.22. The van der Waals surface area contributed by atoms with Crippen LogP contribution >= 0.6 is 11.3 Å². The van der Waals surface area contributed by atoms with Gasteiger partial charge in [0.2, 0.25) is 10.0 Å². The fraction of sp³-hybridized carbons (Fsp3) is 0.316. The second kappa shape index (κ2) is 8.04. The Labute approximate surface area is 168 Å². The van der Waals surface area contributed by atoms with Gasteiger partial charge >= 0.3 is 0 Å². The van der Waals surface area contributed by atoms with Crippen molar-refractivity contribution in [2.75, 3.05) is 33.3 Å². The van der Waals surface area contributed by atoms with Crippen molar-refractivity contribution in [1.82, 2.24) is 19.0 Å². The number of aromatic nitrogens is 2. The van der Waals surface area contributed by atoms with E-state index in [0.29, 0.717) is 43.5 Å². The van der Waals surface area contributed by atoms with E-state index in [1.54, 1.807) is 47.0 Å². The van der Waals surface area contributed by atoms with E-state index in [4.69, 9.17) is 4.74 Å². The monoisotopic (exact) mass is 418 g/mol. The Bertz CT molecular complexity index is 1010. The normalized spacial score (nSPS) is 16.3. The summed E-state index contributed by atoms with van der Waals surface area (Å²) < 4.78 is 34.2. The lowest BCUT2D eigenvalue weighted by Crippen LogP contribution is -2.48. The molecule has 3 aromatic rings. The van der Waals surface area contributed by atoms with E-state index in [-0.39, 0.29) is 0 Å². The Morgan fingerprint density at radius 1 is 1.07 bits per heavy atom. The minimum Gasteiger partial charge on any atom is -0.497 e. The molecule has 1 aliphatic rings. The standard InChI is InChI=1S/C19H22N4O3S2/c1-26-17-2-4-18(5-3-17)28(24,25)23-11-9-21(10-12-23)15-22-8-6-19(20-22)16-7-13-27-14-16/h2-8,13-14H,9-12,15H2,1H3. The van der Waals surface area contributed by atoms with Gasteiger partial charge in [-0.1, -0.05) is 0 Å². The summed E-state index contributed by atoms with van der Waals surface area (Å²) >= 11 is 1.65. The molecular weight excluding hydrogens is 396 g/mol. The molecule has 0 amide bonds. The van der Waals surface area contributed by atoms with Crippen molar-refractivity contribution in [3.05, 3.63) is 53.4 Å². The topological polar surface area (TPSA) is 67.7 Å². The zero-order valence-electron chi connectivity index (χ0n) is 15.6. The quantitative estimate of drug-likeness (QED) is 0.616. The van der Waals surface area contributed by atoms with E-state index in [0.717, 1.165) is 11.3 Å². The number of hydrogen-bond acceptors (Lipinski definition) is 6. The summed E-state index contributed by atoms with van der Waals surface area (Å²) in [4.78, 5) is 2.51. The first kappa shape index (κ1) is 19.1. The predicted molar refractivity (Wildman–Crippen MR) is 109 cm³/mol. The van der Waals surface area contributed by atoms with Gasteiger partial charge in [0.05, 0.1) is 24.4 Å². The Hall–Kier alpha value is -2.20. The molecular formula is C19H22N4O3S2. The van der Waals surface area contributed by atoms with Crippen molar-refractivity contribution in [2.45, 2.75) is 11.6 Å². The highest BCUT2D eigenvalue weighted by molar-refractivity contribution is 7.89. The number of hydrogen-bond donors (Lipinski definition) is 0. The lowest BCUT2D eigenvalue weighted by molar-refractivity contribution is 0.146. The second-order valence-electron chi connectivity index (χ2n) is 6.59. The molecule has 0 aliphatic carbocycles. The van der Waals surface area contributed by atoms with Crippen LogP contribution in [0.25, 0.3) is 11.3 Å². The predicted octanol–water partition coefficient (Wildman–Crippen LogP) is 2.58. The van der Waals surface area contributed by atoms with Gasteiger partial charge in [-0.25, -0.2) is 8.42 Å². The van der Waals surface area contributed by atoms with Gasteiger partial charge in [0.15, 0.2) is 0 Å². The molecule has 1 fully saturated rings. The number of rotatable bonds is 6.